The van der Waals surface area contributed by atoms with Gasteiger partial charge in [0.05, 0.1) is 10.8 Å². The summed E-state index contributed by atoms with van der Waals surface area (Å²) in [6.07, 6.45) is 0. The summed E-state index contributed by atoms with van der Waals surface area (Å²) in [5.41, 5.74) is 3.76. The van der Waals surface area contributed by atoms with Gasteiger partial charge in [-0.3, -0.25) is 9.11 Å². The van der Waals surface area contributed by atoms with Crippen LogP contribution in [-0.2, 0) is 23.9 Å². The largest absolute Gasteiger partial charge is 0.294 e. The van der Waals surface area contributed by atoms with Crippen molar-refractivity contribution in [1.82, 2.24) is 4.90 Å². The van der Waals surface area contributed by atoms with E-state index in [2.05, 4.69) is 53.4 Å². The van der Waals surface area contributed by atoms with E-state index in [9.17, 15) is 4.21 Å². The van der Waals surface area contributed by atoms with E-state index in [4.69, 9.17) is 0 Å². The molecule has 0 heterocycles. The Hall–Kier alpha value is -2.23. The molecule has 2 nitrogen and oxygen atoms in total. The zero-order valence-electron chi connectivity index (χ0n) is 15.2. The van der Waals surface area contributed by atoms with Crippen molar-refractivity contribution in [3.8, 4) is 0 Å². The molecule has 0 N–H and O–H groups in total. The first-order valence-corrected chi connectivity index (χ1v) is 10.3. The van der Waals surface area contributed by atoms with Crippen LogP contribution >= 0.6 is 0 Å². The van der Waals surface area contributed by atoms with Crippen LogP contribution in [-0.4, -0.2) is 21.4 Å². The monoisotopic (exact) mass is 363 g/mol. The van der Waals surface area contributed by atoms with E-state index in [0.29, 0.717) is 5.75 Å². The second kappa shape index (κ2) is 9.46. The molecule has 3 heteroatoms. The molecule has 1 atom stereocenters. The predicted molar refractivity (Wildman–Crippen MR) is 109 cm³/mol. The second-order valence-corrected chi connectivity index (χ2v) is 8.12. The van der Waals surface area contributed by atoms with Crippen molar-refractivity contribution in [2.75, 3.05) is 12.3 Å². The average Bonchev–Trinajstić information content (AvgIpc) is 2.68. The molecule has 0 saturated carbocycles. The Morgan fingerprint density at radius 1 is 0.731 bits per heavy atom. The zero-order valence-corrected chi connectivity index (χ0v) is 16.0. The number of nitrogens with zero attached hydrogens (tertiary/aromatic N) is 1. The van der Waals surface area contributed by atoms with Gasteiger partial charge in [0.15, 0.2) is 0 Å². The first kappa shape index (κ1) is 18.6. The van der Waals surface area contributed by atoms with Gasteiger partial charge in [-0.25, -0.2) is 0 Å². The third kappa shape index (κ3) is 5.65. The van der Waals surface area contributed by atoms with Crippen molar-refractivity contribution in [2.24, 2.45) is 0 Å². The van der Waals surface area contributed by atoms with E-state index < -0.39 is 10.8 Å². The van der Waals surface area contributed by atoms with Crippen molar-refractivity contribution in [1.29, 1.82) is 0 Å². The van der Waals surface area contributed by atoms with E-state index in [1.165, 1.54) is 16.7 Å². The summed E-state index contributed by atoms with van der Waals surface area (Å²) in [6, 6.07) is 29.0. The van der Waals surface area contributed by atoms with Gasteiger partial charge in [-0.15, -0.1) is 0 Å². The second-order valence-electron chi connectivity index (χ2n) is 6.54. The summed E-state index contributed by atoms with van der Waals surface area (Å²) in [7, 11) is -0.970. The maximum Gasteiger partial charge on any atom is 0.0542 e. The Morgan fingerprint density at radius 2 is 1.23 bits per heavy atom. The van der Waals surface area contributed by atoms with Crippen LogP contribution in [0.25, 0.3) is 0 Å². The van der Waals surface area contributed by atoms with Crippen LogP contribution in [0.1, 0.15) is 16.7 Å². The normalized spacial score (nSPS) is 12.2. The van der Waals surface area contributed by atoms with Gasteiger partial charge in [0.1, 0.15) is 0 Å². The number of benzene rings is 3. The molecular formula is C23H25NOS. The van der Waals surface area contributed by atoms with Crippen LogP contribution in [0.4, 0.5) is 0 Å². The highest BCUT2D eigenvalue weighted by Crippen LogP contribution is 2.12. The molecule has 0 aliphatic heterocycles. The number of hydrogen-bond donors (Lipinski definition) is 0. The maximum atomic E-state index is 12.6. The van der Waals surface area contributed by atoms with Crippen LogP contribution in [0, 0.1) is 6.92 Å². The van der Waals surface area contributed by atoms with Gasteiger partial charge in [-0.05, 0) is 30.2 Å². The molecule has 0 saturated heterocycles. The maximum absolute atomic E-state index is 12.6. The van der Waals surface area contributed by atoms with Crippen molar-refractivity contribution < 1.29 is 4.21 Å². The highest BCUT2D eigenvalue weighted by Gasteiger charge is 2.11. The molecule has 0 aliphatic carbocycles. The van der Waals surface area contributed by atoms with Gasteiger partial charge >= 0.3 is 0 Å². The van der Waals surface area contributed by atoms with Crippen LogP contribution in [0.2, 0.25) is 0 Å². The van der Waals surface area contributed by atoms with E-state index >= 15 is 0 Å². The Labute approximate surface area is 159 Å². The highest BCUT2D eigenvalue weighted by atomic mass is 32.2. The molecule has 3 rings (SSSR count). The van der Waals surface area contributed by atoms with Crippen LogP contribution in [0.5, 0.6) is 0 Å². The summed E-state index contributed by atoms with van der Waals surface area (Å²) in [6.45, 7) is 4.57. The SMILES string of the molecule is Cc1ccc(S(=O)CCN(Cc2ccccc2)Cc2ccccc2)cc1. The molecule has 0 spiro atoms. The predicted octanol–water partition coefficient (Wildman–Crippen LogP) is 4.81. The molecule has 0 aromatic heterocycles. The Kier molecular flexibility index (Phi) is 6.75. The van der Waals surface area contributed by atoms with Crippen molar-refractivity contribution in [3.05, 3.63) is 102 Å². The smallest absolute Gasteiger partial charge is 0.0542 e. The summed E-state index contributed by atoms with van der Waals surface area (Å²) < 4.78 is 12.6. The molecule has 3 aromatic rings. The third-order valence-corrected chi connectivity index (χ3v) is 5.73. The first-order chi connectivity index (χ1) is 12.7. The van der Waals surface area contributed by atoms with Gasteiger partial charge < -0.3 is 0 Å². The summed E-state index contributed by atoms with van der Waals surface area (Å²) in [5.74, 6) is 0.642. The lowest BCUT2D eigenvalue weighted by Gasteiger charge is -2.22. The number of hydrogen-bond acceptors (Lipinski definition) is 2. The van der Waals surface area contributed by atoms with Gasteiger partial charge in [0, 0.05) is 30.3 Å². The van der Waals surface area contributed by atoms with Gasteiger partial charge in [-0.1, -0.05) is 78.4 Å². The number of rotatable bonds is 8. The van der Waals surface area contributed by atoms with Gasteiger partial charge in [-0.2, -0.15) is 0 Å². The fourth-order valence-electron chi connectivity index (χ4n) is 2.92. The molecule has 0 amide bonds. The Bertz CT molecular complexity index is 774. The molecule has 134 valence electrons. The van der Waals surface area contributed by atoms with E-state index in [0.717, 1.165) is 24.5 Å². The van der Waals surface area contributed by atoms with Crippen molar-refractivity contribution in [2.45, 2.75) is 24.9 Å². The lowest BCUT2D eigenvalue weighted by Crippen LogP contribution is -2.27. The Balaban J connectivity index is 1.66. The standard InChI is InChI=1S/C23H25NOS/c1-20-12-14-23(15-13-20)26(25)17-16-24(18-21-8-4-2-5-9-21)19-22-10-6-3-7-11-22/h2-15H,16-19H2,1H3. The average molecular weight is 364 g/mol. The van der Waals surface area contributed by atoms with Gasteiger partial charge in [0.2, 0.25) is 0 Å². The molecule has 3 aromatic carbocycles. The van der Waals surface area contributed by atoms with E-state index in [1.54, 1.807) is 0 Å². The van der Waals surface area contributed by atoms with Crippen LogP contribution in [0.3, 0.4) is 0 Å². The minimum Gasteiger partial charge on any atom is -0.294 e. The molecule has 26 heavy (non-hydrogen) atoms. The molecular weight excluding hydrogens is 338 g/mol. The van der Waals surface area contributed by atoms with Crippen molar-refractivity contribution in [3.63, 3.8) is 0 Å². The van der Waals surface area contributed by atoms with Crippen molar-refractivity contribution >= 4 is 10.8 Å². The summed E-state index contributed by atoms with van der Waals surface area (Å²) >= 11 is 0. The molecule has 0 aliphatic rings. The molecule has 0 fully saturated rings. The zero-order chi connectivity index (χ0) is 18.2. The highest BCUT2D eigenvalue weighted by molar-refractivity contribution is 7.85. The van der Waals surface area contributed by atoms with Gasteiger partial charge in [0.25, 0.3) is 0 Å². The van der Waals surface area contributed by atoms with Crippen LogP contribution < -0.4 is 0 Å². The van der Waals surface area contributed by atoms with E-state index in [1.807, 2.05) is 43.3 Å². The molecule has 0 radical (unpaired) electrons. The topological polar surface area (TPSA) is 20.3 Å². The quantitative estimate of drug-likeness (QED) is 0.573. The summed E-state index contributed by atoms with van der Waals surface area (Å²) in [4.78, 5) is 3.28. The summed E-state index contributed by atoms with van der Waals surface area (Å²) in [5, 5.41) is 0. The van der Waals surface area contributed by atoms with Crippen LogP contribution in [0.15, 0.2) is 89.8 Å². The third-order valence-electron chi connectivity index (χ3n) is 4.37. The fraction of sp³-hybridized carbons (Fsp3) is 0.217. The van der Waals surface area contributed by atoms with E-state index in [-0.39, 0.29) is 0 Å². The minimum atomic E-state index is -0.970. The molecule has 0 bridgehead atoms. The minimum absolute atomic E-state index is 0.642. The lowest BCUT2D eigenvalue weighted by atomic mass is 10.1. The lowest BCUT2D eigenvalue weighted by molar-refractivity contribution is 0.273. The Morgan fingerprint density at radius 3 is 1.73 bits per heavy atom. The fourth-order valence-corrected chi connectivity index (χ4v) is 4.02. The molecule has 1 unspecified atom stereocenters. The first-order valence-electron chi connectivity index (χ1n) is 8.96. The number of aryl methyl sites for hydroxylation is 1.